The van der Waals surface area contributed by atoms with Gasteiger partial charge in [0.25, 0.3) is 0 Å². The van der Waals surface area contributed by atoms with E-state index < -0.39 is 0 Å². The smallest absolute Gasteiger partial charge is 0.340 e. The number of hydrogen-bond donors (Lipinski definition) is 0. The molecule has 5 heteroatoms. The van der Waals surface area contributed by atoms with Crippen molar-refractivity contribution in [3.05, 3.63) is 0 Å². The minimum absolute atomic E-state index is 0.00866. The van der Waals surface area contributed by atoms with Gasteiger partial charge in [-0.3, -0.25) is 0 Å². The number of carbonyl (C=O) groups is 1. The van der Waals surface area contributed by atoms with Crippen LogP contribution in [0.3, 0.4) is 0 Å². The molecular weight excluding hydrogens is 170 g/mol. The third kappa shape index (κ3) is 1.65. The number of ether oxygens (including phenoxy) is 1. The first-order chi connectivity index (χ1) is 6.27. The van der Waals surface area contributed by atoms with Gasteiger partial charge in [-0.15, -0.1) is 0 Å². The Morgan fingerprint density at radius 3 is 2.77 bits per heavy atom. The Morgan fingerprint density at radius 2 is 2.15 bits per heavy atom. The fraction of sp³-hybridized carbons (Fsp3) is 0.750. The fourth-order valence-corrected chi connectivity index (χ4v) is 1.36. The van der Waals surface area contributed by atoms with Crippen LogP contribution < -0.4 is 0 Å². The minimum atomic E-state index is -0.00866. The van der Waals surface area contributed by atoms with E-state index in [4.69, 9.17) is 4.74 Å². The highest BCUT2D eigenvalue weighted by atomic mass is 16.5. The summed E-state index contributed by atoms with van der Waals surface area (Å²) in [5, 5.41) is 5.74. The molecule has 2 amide bonds. The molecule has 2 aliphatic heterocycles. The molecule has 0 aromatic carbocycles. The van der Waals surface area contributed by atoms with Crippen molar-refractivity contribution >= 4 is 11.7 Å². The van der Waals surface area contributed by atoms with E-state index in [1.165, 1.54) is 5.01 Å². The molecule has 0 radical (unpaired) electrons. The van der Waals surface area contributed by atoms with Gasteiger partial charge in [0, 0.05) is 20.1 Å². The number of carbonyl (C=O) groups excluding carboxylic acids is 1. The van der Waals surface area contributed by atoms with E-state index in [0.717, 1.165) is 25.2 Å². The van der Waals surface area contributed by atoms with Crippen LogP contribution in [0.5, 0.6) is 0 Å². The van der Waals surface area contributed by atoms with Gasteiger partial charge in [-0.2, -0.15) is 5.10 Å². The quantitative estimate of drug-likeness (QED) is 0.580. The lowest BCUT2D eigenvalue weighted by molar-refractivity contribution is 0.131. The molecule has 0 aromatic rings. The van der Waals surface area contributed by atoms with Crippen molar-refractivity contribution in [2.24, 2.45) is 5.10 Å². The zero-order chi connectivity index (χ0) is 9.26. The Kier molecular flexibility index (Phi) is 2.18. The Morgan fingerprint density at radius 1 is 1.38 bits per heavy atom. The maximum Gasteiger partial charge on any atom is 0.340 e. The lowest BCUT2D eigenvalue weighted by Crippen LogP contribution is -2.46. The zero-order valence-electron chi connectivity index (χ0n) is 7.69. The van der Waals surface area contributed by atoms with Gasteiger partial charge in [-0.25, -0.2) is 9.80 Å². The summed E-state index contributed by atoms with van der Waals surface area (Å²) in [5.74, 6) is 0. The van der Waals surface area contributed by atoms with E-state index in [2.05, 4.69) is 5.10 Å². The Balaban J connectivity index is 2.00. The molecule has 0 bridgehead atoms. The van der Waals surface area contributed by atoms with Crippen molar-refractivity contribution in [1.29, 1.82) is 0 Å². The fourth-order valence-electron chi connectivity index (χ4n) is 1.36. The average Bonchev–Trinajstić information content (AvgIpc) is 2.04. The van der Waals surface area contributed by atoms with E-state index in [0.29, 0.717) is 13.2 Å². The Bertz CT molecular complexity index is 246. The first-order valence-corrected chi connectivity index (χ1v) is 4.44. The highest BCUT2D eigenvalue weighted by molar-refractivity contribution is 5.91. The van der Waals surface area contributed by atoms with Crippen molar-refractivity contribution in [1.82, 2.24) is 9.91 Å². The SMILES string of the molecule is CN1CCCN(N=C2COC2)C1=O. The molecule has 0 spiro atoms. The van der Waals surface area contributed by atoms with Gasteiger partial charge >= 0.3 is 6.03 Å². The summed E-state index contributed by atoms with van der Waals surface area (Å²) < 4.78 is 4.96. The summed E-state index contributed by atoms with van der Waals surface area (Å²) >= 11 is 0. The van der Waals surface area contributed by atoms with Crippen molar-refractivity contribution in [3.63, 3.8) is 0 Å². The lowest BCUT2D eigenvalue weighted by Gasteiger charge is -2.31. The molecular formula is C8H13N3O2. The van der Waals surface area contributed by atoms with Gasteiger partial charge in [0.2, 0.25) is 0 Å². The molecule has 72 valence electrons. The first kappa shape index (κ1) is 8.50. The van der Waals surface area contributed by atoms with Crippen LogP contribution in [0.1, 0.15) is 6.42 Å². The van der Waals surface area contributed by atoms with Crippen molar-refractivity contribution in [3.8, 4) is 0 Å². The van der Waals surface area contributed by atoms with Crippen LogP contribution in [0.4, 0.5) is 4.79 Å². The van der Waals surface area contributed by atoms with Crippen molar-refractivity contribution in [2.45, 2.75) is 6.42 Å². The minimum Gasteiger partial charge on any atom is -0.369 e. The third-order valence-electron chi connectivity index (χ3n) is 2.21. The lowest BCUT2D eigenvalue weighted by atomic mass is 10.3. The molecule has 2 rings (SSSR count). The molecule has 2 aliphatic rings. The van der Waals surface area contributed by atoms with E-state index in [1.807, 2.05) is 0 Å². The summed E-state index contributed by atoms with van der Waals surface area (Å²) in [5.41, 5.74) is 0.962. The topological polar surface area (TPSA) is 45.1 Å². The molecule has 0 N–H and O–H groups in total. The normalized spacial score (nSPS) is 23.2. The Hall–Kier alpha value is -1.10. The second-order valence-electron chi connectivity index (χ2n) is 3.34. The van der Waals surface area contributed by atoms with Gasteiger partial charge in [0.1, 0.15) is 0 Å². The van der Waals surface area contributed by atoms with E-state index >= 15 is 0 Å². The van der Waals surface area contributed by atoms with Gasteiger partial charge in [-0.05, 0) is 6.42 Å². The van der Waals surface area contributed by atoms with Crippen LogP contribution in [0.2, 0.25) is 0 Å². The van der Waals surface area contributed by atoms with Crippen LogP contribution >= 0.6 is 0 Å². The molecule has 2 saturated heterocycles. The van der Waals surface area contributed by atoms with Crippen LogP contribution in [0.25, 0.3) is 0 Å². The summed E-state index contributed by atoms with van der Waals surface area (Å²) in [6.45, 7) is 2.71. The Labute approximate surface area is 76.9 Å². The van der Waals surface area contributed by atoms with E-state index in [-0.39, 0.29) is 6.03 Å². The molecule has 0 unspecified atom stereocenters. The highest BCUT2D eigenvalue weighted by Gasteiger charge is 2.23. The predicted octanol–water partition coefficient (Wildman–Crippen LogP) is 0.130. The number of urea groups is 1. The molecule has 0 saturated carbocycles. The third-order valence-corrected chi connectivity index (χ3v) is 2.21. The first-order valence-electron chi connectivity index (χ1n) is 4.44. The molecule has 13 heavy (non-hydrogen) atoms. The van der Waals surface area contributed by atoms with Crippen LogP contribution in [-0.2, 0) is 4.74 Å². The number of nitrogens with zero attached hydrogens (tertiary/aromatic N) is 3. The van der Waals surface area contributed by atoms with Crippen molar-refractivity contribution in [2.75, 3.05) is 33.4 Å². The summed E-state index contributed by atoms with van der Waals surface area (Å²) in [6.07, 6.45) is 0.986. The van der Waals surface area contributed by atoms with Crippen LogP contribution in [0.15, 0.2) is 5.10 Å². The molecule has 0 aromatic heterocycles. The summed E-state index contributed by atoms with van der Waals surface area (Å²) in [6, 6.07) is -0.00866. The van der Waals surface area contributed by atoms with Gasteiger partial charge < -0.3 is 9.64 Å². The summed E-state index contributed by atoms with van der Waals surface area (Å²) in [4.78, 5) is 13.2. The van der Waals surface area contributed by atoms with Crippen LogP contribution in [-0.4, -0.2) is 55.0 Å². The predicted molar refractivity (Wildman–Crippen MR) is 47.6 cm³/mol. The summed E-state index contributed by atoms with van der Waals surface area (Å²) in [7, 11) is 1.80. The zero-order valence-corrected chi connectivity index (χ0v) is 7.69. The molecule has 2 fully saturated rings. The van der Waals surface area contributed by atoms with E-state index in [9.17, 15) is 4.79 Å². The van der Waals surface area contributed by atoms with Crippen molar-refractivity contribution < 1.29 is 9.53 Å². The monoisotopic (exact) mass is 183 g/mol. The molecule has 0 atom stereocenters. The maximum atomic E-state index is 11.5. The second-order valence-corrected chi connectivity index (χ2v) is 3.34. The molecule has 5 nitrogen and oxygen atoms in total. The average molecular weight is 183 g/mol. The number of amides is 2. The number of hydrazone groups is 1. The van der Waals surface area contributed by atoms with Gasteiger partial charge in [0.05, 0.1) is 18.9 Å². The second kappa shape index (κ2) is 3.33. The van der Waals surface area contributed by atoms with Gasteiger partial charge in [0.15, 0.2) is 0 Å². The highest BCUT2D eigenvalue weighted by Crippen LogP contribution is 2.09. The largest absolute Gasteiger partial charge is 0.369 e. The molecule has 2 heterocycles. The van der Waals surface area contributed by atoms with E-state index in [1.54, 1.807) is 11.9 Å². The number of hydrogen-bond acceptors (Lipinski definition) is 3. The number of rotatable bonds is 1. The van der Waals surface area contributed by atoms with Gasteiger partial charge in [-0.1, -0.05) is 0 Å². The standard InChI is InChI=1S/C8H13N3O2/c1-10-3-2-4-11(8(10)12)9-7-5-13-6-7/h2-6H2,1H3. The maximum absolute atomic E-state index is 11.5. The molecule has 0 aliphatic carbocycles. The van der Waals surface area contributed by atoms with Crippen LogP contribution in [0, 0.1) is 0 Å².